The predicted octanol–water partition coefficient (Wildman–Crippen LogP) is 2.39. The van der Waals surface area contributed by atoms with Crippen LogP contribution in [0.15, 0.2) is 30.3 Å². The summed E-state index contributed by atoms with van der Waals surface area (Å²) in [6.45, 7) is 3.14. The van der Waals surface area contributed by atoms with E-state index in [4.69, 9.17) is 4.74 Å². The van der Waals surface area contributed by atoms with Crippen molar-refractivity contribution in [2.24, 2.45) is 5.92 Å². The van der Waals surface area contributed by atoms with Crippen LogP contribution < -0.4 is 0 Å². The molecule has 1 aliphatic rings. The molecule has 0 aromatic heterocycles. The normalized spacial score (nSPS) is 29.5. The van der Waals surface area contributed by atoms with Crippen LogP contribution in [0.25, 0.3) is 0 Å². The maximum absolute atomic E-state index is 5.43. The van der Waals surface area contributed by atoms with Gasteiger partial charge in [-0.15, -0.1) is 0 Å². The van der Waals surface area contributed by atoms with Gasteiger partial charge in [0.25, 0.3) is 0 Å². The average Bonchev–Trinajstić information content (AvgIpc) is 2.04. The molecule has 1 aromatic carbocycles. The van der Waals surface area contributed by atoms with Crippen LogP contribution in [0.1, 0.15) is 18.6 Å². The summed E-state index contributed by atoms with van der Waals surface area (Å²) >= 11 is 0. The first-order chi connectivity index (χ1) is 5.38. The summed E-state index contributed by atoms with van der Waals surface area (Å²) < 4.78 is 5.43. The third kappa shape index (κ3) is 1.16. The van der Waals surface area contributed by atoms with Gasteiger partial charge in [-0.05, 0) is 5.56 Å². The lowest BCUT2D eigenvalue weighted by Crippen LogP contribution is -2.29. The summed E-state index contributed by atoms with van der Waals surface area (Å²) in [5.41, 5.74) is 1.31. The lowest BCUT2D eigenvalue weighted by molar-refractivity contribution is -0.109. The molecule has 0 N–H and O–H groups in total. The molecule has 0 bridgehead atoms. The zero-order valence-corrected chi connectivity index (χ0v) is 6.66. The van der Waals surface area contributed by atoms with Gasteiger partial charge < -0.3 is 4.74 Å². The minimum absolute atomic E-state index is 0.358. The van der Waals surface area contributed by atoms with Crippen LogP contribution in [0, 0.1) is 5.92 Å². The monoisotopic (exact) mass is 148 g/mol. The van der Waals surface area contributed by atoms with Gasteiger partial charge in [-0.25, -0.2) is 0 Å². The van der Waals surface area contributed by atoms with Crippen molar-refractivity contribution < 1.29 is 4.74 Å². The van der Waals surface area contributed by atoms with Gasteiger partial charge in [-0.2, -0.15) is 0 Å². The standard InChI is InChI=1S/C10H12O/c1-8-7-11-10(8)9-5-3-2-4-6-9/h2-6,8,10H,7H2,1H3/t8-,10-/m1/s1. The molecule has 2 atom stereocenters. The maximum Gasteiger partial charge on any atom is 0.0872 e. The first kappa shape index (κ1) is 6.86. The van der Waals surface area contributed by atoms with Gasteiger partial charge in [-0.3, -0.25) is 0 Å². The molecule has 1 fully saturated rings. The van der Waals surface area contributed by atoms with Crippen molar-refractivity contribution >= 4 is 0 Å². The molecule has 2 rings (SSSR count). The van der Waals surface area contributed by atoms with Crippen LogP contribution in [0.5, 0.6) is 0 Å². The Morgan fingerprint density at radius 2 is 2.00 bits per heavy atom. The van der Waals surface area contributed by atoms with E-state index >= 15 is 0 Å². The van der Waals surface area contributed by atoms with Crippen molar-refractivity contribution in [1.29, 1.82) is 0 Å². The molecule has 11 heavy (non-hydrogen) atoms. The predicted molar refractivity (Wildman–Crippen MR) is 44.3 cm³/mol. The van der Waals surface area contributed by atoms with E-state index < -0.39 is 0 Å². The van der Waals surface area contributed by atoms with Gasteiger partial charge in [0.05, 0.1) is 12.7 Å². The van der Waals surface area contributed by atoms with Gasteiger partial charge in [0.15, 0.2) is 0 Å². The highest BCUT2D eigenvalue weighted by Crippen LogP contribution is 2.34. The van der Waals surface area contributed by atoms with Gasteiger partial charge in [0.2, 0.25) is 0 Å². The molecular weight excluding hydrogens is 136 g/mol. The van der Waals surface area contributed by atoms with Gasteiger partial charge in [-0.1, -0.05) is 37.3 Å². The molecule has 0 aliphatic carbocycles. The molecule has 0 unspecified atom stereocenters. The molecule has 1 heteroatoms. The van der Waals surface area contributed by atoms with E-state index in [-0.39, 0.29) is 0 Å². The first-order valence-electron chi connectivity index (χ1n) is 4.04. The summed E-state index contributed by atoms with van der Waals surface area (Å²) in [5.74, 6) is 0.692. The van der Waals surface area contributed by atoms with Crippen molar-refractivity contribution in [2.45, 2.75) is 13.0 Å². The summed E-state index contributed by atoms with van der Waals surface area (Å²) in [4.78, 5) is 0. The van der Waals surface area contributed by atoms with Crippen molar-refractivity contribution in [3.63, 3.8) is 0 Å². The Balaban J connectivity index is 2.17. The third-order valence-electron chi connectivity index (χ3n) is 2.18. The molecule has 0 spiro atoms. The van der Waals surface area contributed by atoms with Crippen LogP contribution in [0.4, 0.5) is 0 Å². The second kappa shape index (κ2) is 2.67. The van der Waals surface area contributed by atoms with Crippen molar-refractivity contribution in [3.05, 3.63) is 35.9 Å². The molecule has 1 aromatic rings. The van der Waals surface area contributed by atoms with E-state index in [2.05, 4.69) is 31.2 Å². The van der Waals surface area contributed by atoms with Crippen LogP contribution in [-0.4, -0.2) is 6.61 Å². The summed E-state index contributed by atoms with van der Waals surface area (Å²) in [7, 11) is 0. The minimum Gasteiger partial charge on any atom is -0.373 e. The average molecular weight is 148 g/mol. The number of hydrogen-bond acceptors (Lipinski definition) is 1. The zero-order chi connectivity index (χ0) is 7.68. The second-order valence-corrected chi connectivity index (χ2v) is 3.14. The van der Waals surface area contributed by atoms with E-state index in [1.165, 1.54) is 5.56 Å². The van der Waals surface area contributed by atoms with E-state index in [1.807, 2.05) is 6.07 Å². The topological polar surface area (TPSA) is 9.23 Å². The highest BCUT2D eigenvalue weighted by atomic mass is 16.5. The summed E-state index contributed by atoms with van der Waals surface area (Å²) in [6, 6.07) is 10.4. The number of benzene rings is 1. The molecule has 1 saturated heterocycles. The molecule has 1 aliphatic heterocycles. The van der Waals surface area contributed by atoms with Crippen LogP contribution in [-0.2, 0) is 4.74 Å². The van der Waals surface area contributed by atoms with Crippen molar-refractivity contribution in [3.8, 4) is 0 Å². The molecule has 1 nitrogen and oxygen atoms in total. The fourth-order valence-corrected chi connectivity index (χ4v) is 1.45. The lowest BCUT2D eigenvalue weighted by atomic mass is 9.93. The Kier molecular flexibility index (Phi) is 1.66. The minimum atomic E-state index is 0.358. The van der Waals surface area contributed by atoms with Crippen molar-refractivity contribution in [2.75, 3.05) is 6.61 Å². The zero-order valence-electron chi connectivity index (χ0n) is 6.66. The molecule has 0 saturated carbocycles. The van der Waals surface area contributed by atoms with E-state index in [0.29, 0.717) is 12.0 Å². The highest BCUT2D eigenvalue weighted by Gasteiger charge is 2.28. The Morgan fingerprint density at radius 3 is 2.45 bits per heavy atom. The molecule has 0 radical (unpaired) electrons. The van der Waals surface area contributed by atoms with Crippen LogP contribution in [0.3, 0.4) is 0 Å². The lowest BCUT2D eigenvalue weighted by Gasteiger charge is -2.34. The smallest absolute Gasteiger partial charge is 0.0872 e. The molecule has 0 amide bonds. The summed E-state index contributed by atoms with van der Waals surface area (Å²) in [5, 5.41) is 0. The van der Waals surface area contributed by atoms with Crippen LogP contribution in [0.2, 0.25) is 0 Å². The third-order valence-corrected chi connectivity index (χ3v) is 2.18. The summed E-state index contributed by atoms with van der Waals surface area (Å²) in [6.07, 6.45) is 0.358. The molecule has 1 heterocycles. The van der Waals surface area contributed by atoms with Gasteiger partial charge >= 0.3 is 0 Å². The van der Waals surface area contributed by atoms with Gasteiger partial charge in [0.1, 0.15) is 0 Å². The van der Waals surface area contributed by atoms with Gasteiger partial charge in [0, 0.05) is 5.92 Å². The van der Waals surface area contributed by atoms with Crippen molar-refractivity contribution in [1.82, 2.24) is 0 Å². The number of hydrogen-bond donors (Lipinski definition) is 0. The van der Waals surface area contributed by atoms with E-state index in [1.54, 1.807) is 0 Å². The SMILES string of the molecule is C[C@@H]1CO[C@H]1c1ccccc1. The van der Waals surface area contributed by atoms with E-state index in [0.717, 1.165) is 6.61 Å². The Hall–Kier alpha value is -0.820. The fraction of sp³-hybridized carbons (Fsp3) is 0.400. The van der Waals surface area contributed by atoms with E-state index in [9.17, 15) is 0 Å². The number of rotatable bonds is 1. The largest absolute Gasteiger partial charge is 0.373 e. The Bertz CT molecular complexity index is 230. The fourth-order valence-electron chi connectivity index (χ4n) is 1.45. The van der Waals surface area contributed by atoms with Crippen LogP contribution >= 0.6 is 0 Å². The quantitative estimate of drug-likeness (QED) is 0.594. The molecular formula is C10H12O. The second-order valence-electron chi connectivity index (χ2n) is 3.14. The molecule has 58 valence electrons. The first-order valence-corrected chi connectivity index (χ1v) is 4.04. The number of ether oxygens (including phenoxy) is 1. The Labute approximate surface area is 67.0 Å². The Morgan fingerprint density at radius 1 is 1.27 bits per heavy atom. The highest BCUT2D eigenvalue weighted by molar-refractivity contribution is 5.19. The maximum atomic E-state index is 5.43.